The van der Waals surface area contributed by atoms with E-state index in [0.717, 1.165) is 31.6 Å². The predicted octanol–water partition coefficient (Wildman–Crippen LogP) is 3.39. The number of aryl methyl sites for hydroxylation is 3. The van der Waals surface area contributed by atoms with Crippen molar-refractivity contribution >= 4 is 5.82 Å². The Balaban J connectivity index is 1.91. The standard InChI is InChI=1S/C18H19N3/c1-13-5-3-6-14(9-13)12-21(2)18-16(11-19)10-15-7-4-8-17(15)20-18/h3,5-6,9-10H,4,7-8,12H2,1-2H3. The number of hydrogen-bond donors (Lipinski definition) is 0. The molecule has 0 saturated heterocycles. The zero-order valence-corrected chi connectivity index (χ0v) is 12.6. The molecule has 0 atom stereocenters. The van der Waals surface area contributed by atoms with E-state index in [1.807, 2.05) is 13.1 Å². The van der Waals surface area contributed by atoms with Gasteiger partial charge in [0.15, 0.2) is 0 Å². The van der Waals surface area contributed by atoms with Gasteiger partial charge >= 0.3 is 0 Å². The molecule has 0 radical (unpaired) electrons. The van der Waals surface area contributed by atoms with Gasteiger partial charge in [-0.3, -0.25) is 0 Å². The summed E-state index contributed by atoms with van der Waals surface area (Å²) in [5.41, 5.74) is 5.59. The molecule has 106 valence electrons. The molecule has 3 nitrogen and oxygen atoms in total. The highest BCUT2D eigenvalue weighted by Gasteiger charge is 2.18. The van der Waals surface area contributed by atoms with E-state index in [2.05, 4.69) is 42.2 Å². The van der Waals surface area contributed by atoms with Crippen LogP contribution in [0.2, 0.25) is 0 Å². The predicted molar refractivity (Wildman–Crippen MR) is 84.3 cm³/mol. The summed E-state index contributed by atoms with van der Waals surface area (Å²) in [6.45, 7) is 2.86. The third kappa shape index (κ3) is 2.75. The Hall–Kier alpha value is -2.34. The van der Waals surface area contributed by atoms with Crippen LogP contribution in [0, 0.1) is 18.3 Å². The maximum absolute atomic E-state index is 9.39. The van der Waals surface area contributed by atoms with Crippen LogP contribution in [0.15, 0.2) is 30.3 Å². The molecule has 0 bridgehead atoms. The fourth-order valence-corrected chi connectivity index (χ4v) is 2.99. The number of fused-ring (bicyclic) bond motifs is 1. The normalized spacial score (nSPS) is 12.8. The Bertz CT molecular complexity index is 713. The maximum Gasteiger partial charge on any atom is 0.146 e. The lowest BCUT2D eigenvalue weighted by Crippen LogP contribution is -2.19. The van der Waals surface area contributed by atoms with Crippen LogP contribution in [0.3, 0.4) is 0 Å². The summed E-state index contributed by atoms with van der Waals surface area (Å²) < 4.78 is 0. The van der Waals surface area contributed by atoms with Crippen molar-refractivity contribution in [3.63, 3.8) is 0 Å². The van der Waals surface area contributed by atoms with Gasteiger partial charge < -0.3 is 4.90 Å². The highest BCUT2D eigenvalue weighted by atomic mass is 15.2. The van der Waals surface area contributed by atoms with E-state index in [-0.39, 0.29) is 0 Å². The molecule has 2 aromatic rings. The molecular formula is C18H19N3. The van der Waals surface area contributed by atoms with Gasteiger partial charge in [0.05, 0.1) is 5.56 Å². The van der Waals surface area contributed by atoms with Crippen molar-refractivity contribution in [2.75, 3.05) is 11.9 Å². The summed E-state index contributed by atoms with van der Waals surface area (Å²) in [7, 11) is 2.01. The molecule has 0 unspecified atom stereocenters. The van der Waals surface area contributed by atoms with Crippen molar-refractivity contribution in [2.24, 2.45) is 0 Å². The molecule has 0 amide bonds. The number of hydrogen-bond acceptors (Lipinski definition) is 3. The largest absolute Gasteiger partial charge is 0.354 e. The minimum atomic E-state index is 0.686. The number of nitriles is 1. The fraction of sp³-hybridized carbons (Fsp3) is 0.333. The Morgan fingerprint density at radius 3 is 2.90 bits per heavy atom. The number of rotatable bonds is 3. The van der Waals surface area contributed by atoms with Gasteiger partial charge in [0.25, 0.3) is 0 Å². The van der Waals surface area contributed by atoms with Crippen LogP contribution in [-0.4, -0.2) is 12.0 Å². The van der Waals surface area contributed by atoms with Crippen LogP contribution in [-0.2, 0) is 19.4 Å². The van der Waals surface area contributed by atoms with Gasteiger partial charge in [-0.05, 0) is 43.4 Å². The Labute approximate surface area is 125 Å². The van der Waals surface area contributed by atoms with E-state index in [0.29, 0.717) is 5.56 Å². The van der Waals surface area contributed by atoms with Crippen LogP contribution < -0.4 is 4.90 Å². The lowest BCUT2D eigenvalue weighted by molar-refractivity contribution is 0.871. The summed E-state index contributed by atoms with van der Waals surface area (Å²) in [5.74, 6) is 0.805. The number of aromatic nitrogens is 1. The molecule has 1 aromatic carbocycles. The number of nitrogens with zero attached hydrogens (tertiary/aromatic N) is 3. The minimum Gasteiger partial charge on any atom is -0.354 e. The molecule has 0 aliphatic heterocycles. The summed E-state index contributed by atoms with van der Waals surface area (Å²) in [4.78, 5) is 6.82. The van der Waals surface area contributed by atoms with Gasteiger partial charge in [-0.25, -0.2) is 4.98 Å². The summed E-state index contributed by atoms with van der Waals surface area (Å²) in [6, 6.07) is 12.8. The smallest absolute Gasteiger partial charge is 0.146 e. The first-order chi connectivity index (χ1) is 10.2. The van der Waals surface area contributed by atoms with E-state index in [1.54, 1.807) is 0 Å². The lowest BCUT2D eigenvalue weighted by atomic mass is 10.1. The number of anilines is 1. The van der Waals surface area contributed by atoms with Crippen LogP contribution in [0.1, 0.15) is 34.4 Å². The van der Waals surface area contributed by atoms with Crippen molar-refractivity contribution in [3.8, 4) is 6.07 Å². The van der Waals surface area contributed by atoms with E-state index in [9.17, 15) is 5.26 Å². The molecule has 0 N–H and O–H groups in total. The fourth-order valence-electron chi connectivity index (χ4n) is 2.99. The second-order valence-corrected chi connectivity index (χ2v) is 5.78. The molecular weight excluding hydrogens is 258 g/mol. The molecule has 0 saturated carbocycles. The first kappa shape index (κ1) is 13.6. The van der Waals surface area contributed by atoms with E-state index in [1.165, 1.54) is 22.4 Å². The molecule has 1 aliphatic carbocycles. The highest BCUT2D eigenvalue weighted by molar-refractivity contribution is 5.56. The molecule has 1 heterocycles. The van der Waals surface area contributed by atoms with Crippen molar-refractivity contribution in [1.82, 2.24) is 4.98 Å². The van der Waals surface area contributed by atoms with Crippen LogP contribution in [0.5, 0.6) is 0 Å². The second-order valence-electron chi connectivity index (χ2n) is 5.78. The summed E-state index contributed by atoms with van der Waals surface area (Å²) in [5, 5.41) is 9.39. The molecule has 3 heteroatoms. The van der Waals surface area contributed by atoms with E-state index in [4.69, 9.17) is 4.98 Å². The van der Waals surface area contributed by atoms with Crippen LogP contribution >= 0.6 is 0 Å². The quantitative estimate of drug-likeness (QED) is 0.863. The van der Waals surface area contributed by atoms with Gasteiger partial charge in [0.1, 0.15) is 11.9 Å². The zero-order chi connectivity index (χ0) is 14.8. The first-order valence-corrected chi connectivity index (χ1v) is 7.37. The summed E-state index contributed by atoms with van der Waals surface area (Å²) in [6.07, 6.45) is 3.24. The molecule has 0 spiro atoms. The highest BCUT2D eigenvalue weighted by Crippen LogP contribution is 2.27. The van der Waals surface area contributed by atoms with Gasteiger partial charge in [-0.1, -0.05) is 29.8 Å². The second kappa shape index (κ2) is 5.57. The van der Waals surface area contributed by atoms with Gasteiger partial charge in [-0.2, -0.15) is 5.26 Å². The van der Waals surface area contributed by atoms with Crippen molar-refractivity contribution < 1.29 is 0 Å². The van der Waals surface area contributed by atoms with Gasteiger partial charge in [0.2, 0.25) is 0 Å². The first-order valence-electron chi connectivity index (χ1n) is 7.37. The third-order valence-electron chi connectivity index (χ3n) is 4.01. The van der Waals surface area contributed by atoms with E-state index < -0.39 is 0 Å². The van der Waals surface area contributed by atoms with Crippen LogP contribution in [0.25, 0.3) is 0 Å². The number of pyridine rings is 1. The topological polar surface area (TPSA) is 39.9 Å². The SMILES string of the molecule is Cc1cccc(CN(C)c2nc3c(cc2C#N)CCC3)c1. The van der Waals surface area contributed by atoms with Gasteiger partial charge in [0, 0.05) is 19.3 Å². The molecule has 0 fully saturated rings. The van der Waals surface area contributed by atoms with Crippen molar-refractivity contribution in [2.45, 2.75) is 32.7 Å². The Kier molecular flexibility index (Phi) is 3.62. The Morgan fingerprint density at radius 2 is 2.14 bits per heavy atom. The van der Waals surface area contributed by atoms with Crippen molar-refractivity contribution in [3.05, 3.63) is 58.3 Å². The number of benzene rings is 1. The average Bonchev–Trinajstić information content (AvgIpc) is 2.93. The minimum absolute atomic E-state index is 0.686. The van der Waals surface area contributed by atoms with Crippen LogP contribution in [0.4, 0.5) is 5.82 Å². The average molecular weight is 277 g/mol. The maximum atomic E-state index is 9.39. The van der Waals surface area contributed by atoms with Gasteiger partial charge in [-0.15, -0.1) is 0 Å². The monoisotopic (exact) mass is 277 g/mol. The molecule has 1 aromatic heterocycles. The molecule has 21 heavy (non-hydrogen) atoms. The van der Waals surface area contributed by atoms with E-state index >= 15 is 0 Å². The summed E-state index contributed by atoms with van der Waals surface area (Å²) >= 11 is 0. The zero-order valence-electron chi connectivity index (χ0n) is 12.6. The van der Waals surface area contributed by atoms with Crippen molar-refractivity contribution in [1.29, 1.82) is 5.26 Å². The lowest BCUT2D eigenvalue weighted by Gasteiger charge is -2.20. The molecule has 3 rings (SSSR count). The Morgan fingerprint density at radius 1 is 1.29 bits per heavy atom. The third-order valence-corrected chi connectivity index (χ3v) is 4.01. The molecule has 1 aliphatic rings.